The van der Waals surface area contributed by atoms with Gasteiger partial charge in [0, 0.05) is 21.9 Å². The Labute approximate surface area is 110 Å². The number of rotatable bonds is 2. The van der Waals surface area contributed by atoms with Crippen molar-refractivity contribution in [2.24, 2.45) is 5.73 Å². The Bertz CT molecular complexity index is 541. The summed E-state index contributed by atoms with van der Waals surface area (Å²) >= 11 is 12.1. The molecule has 0 saturated carbocycles. The smallest absolute Gasteiger partial charge is 0.0568 e. The molecule has 0 spiro atoms. The molecule has 0 fully saturated rings. The average Bonchev–Trinajstić information content (AvgIpc) is 2.31. The number of hydrogen-bond donors (Lipinski definition) is 1. The first-order chi connectivity index (χ1) is 8.08. The molecular weight excluding hydrogens is 255 g/mol. The molecule has 1 unspecified atom stereocenters. The van der Waals surface area contributed by atoms with Gasteiger partial charge < -0.3 is 5.73 Å². The van der Waals surface area contributed by atoms with Gasteiger partial charge in [0.1, 0.15) is 0 Å². The second kappa shape index (κ2) is 5.05. The maximum absolute atomic E-state index is 6.18. The lowest BCUT2D eigenvalue weighted by atomic mass is 10.00. The average molecular weight is 267 g/mol. The first-order valence-electron chi connectivity index (χ1n) is 5.21. The topological polar surface area (TPSA) is 38.9 Å². The number of halogens is 2. The van der Waals surface area contributed by atoms with Gasteiger partial charge in [-0.3, -0.25) is 4.98 Å². The van der Waals surface area contributed by atoms with Gasteiger partial charge in [0.15, 0.2) is 0 Å². The van der Waals surface area contributed by atoms with Crippen molar-refractivity contribution in [1.29, 1.82) is 0 Å². The zero-order valence-electron chi connectivity index (χ0n) is 9.32. The molecule has 2 N–H and O–H groups in total. The first-order valence-corrected chi connectivity index (χ1v) is 5.96. The zero-order chi connectivity index (χ0) is 12.4. The Hall–Kier alpha value is -1.09. The summed E-state index contributed by atoms with van der Waals surface area (Å²) in [5.74, 6) is 0. The molecule has 0 amide bonds. The Morgan fingerprint density at radius 3 is 2.65 bits per heavy atom. The predicted octanol–water partition coefficient (Wildman–Crippen LogP) is 3.74. The van der Waals surface area contributed by atoms with Crippen LogP contribution in [0.1, 0.15) is 22.9 Å². The standard InChI is InChI=1S/C13H12Cl2N2/c1-8-6-9(4-5-17-8)13(16)11-7-10(14)2-3-12(11)15/h2-7,13H,16H2,1H3. The van der Waals surface area contributed by atoms with Crippen molar-refractivity contribution in [2.45, 2.75) is 13.0 Å². The fourth-order valence-corrected chi connectivity index (χ4v) is 2.11. The van der Waals surface area contributed by atoms with Gasteiger partial charge in [-0.15, -0.1) is 0 Å². The quantitative estimate of drug-likeness (QED) is 0.900. The van der Waals surface area contributed by atoms with Gasteiger partial charge in [-0.1, -0.05) is 23.2 Å². The van der Waals surface area contributed by atoms with Crippen LogP contribution in [0.25, 0.3) is 0 Å². The van der Waals surface area contributed by atoms with Crippen LogP contribution in [0.4, 0.5) is 0 Å². The van der Waals surface area contributed by atoms with Gasteiger partial charge in [0.05, 0.1) is 6.04 Å². The van der Waals surface area contributed by atoms with E-state index in [1.54, 1.807) is 24.4 Å². The normalized spacial score (nSPS) is 12.5. The van der Waals surface area contributed by atoms with Crippen LogP contribution in [0, 0.1) is 6.92 Å². The molecule has 0 aliphatic heterocycles. The number of pyridine rings is 1. The van der Waals surface area contributed by atoms with Crippen LogP contribution >= 0.6 is 23.2 Å². The Kier molecular flexibility index (Phi) is 3.67. The summed E-state index contributed by atoms with van der Waals surface area (Å²) in [7, 11) is 0. The number of benzene rings is 1. The van der Waals surface area contributed by atoms with E-state index in [9.17, 15) is 0 Å². The van der Waals surface area contributed by atoms with Crippen molar-refractivity contribution in [3.63, 3.8) is 0 Å². The van der Waals surface area contributed by atoms with E-state index in [1.807, 2.05) is 19.1 Å². The molecule has 1 atom stereocenters. The molecule has 1 heterocycles. The maximum atomic E-state index is 6.18. The van der Waals surface area contributed by atoms with Gasteiger partial charge in [-0.2, -0.15) is 0 Å². The van der Waals surface area contributed by atoms with Crippen molar-refractivity contribution < 1.29 is 0 Å². The van der Waals surface area contributed by atoms with Crippen LogP contribution in [0.2, 0.25) is 10.0 Å². The van der Waals surface area contributed by atoms with Gasteiger partial charge in [0.25, 0.3) is 0 Å². The van der Waals surface area contributed by atoms with Crippen molar-refractivity contribution in [2.75, 3.05) is 0 Å². The summed E-state index contributed by atoms with van der Waals surface area (Å²) in [4.78, 5) is 4.14. The van der Waals surface area contributed by atoms with E-state index >= 15 is 0 Å². The SMILES string of the molecule is Cc1cc(C(N)c2cc(Cl)ccc2Cl)ccn1. The fraction of sp³-hybridized carbons (Fsp3) is 0.154. The monoisotopic (exact) mass is 266 g/mol. The number of hydrogen-bond acceptors (Lipinski definition) is 2. The zero-order valence-corrected chi connectivity index (χ0v) is 10.8. The summed E-state index contributed by atoms with van der Waals surface area (Å²) < 4.78 is 0. The highest BCUT2D eigenvalue weighted by atomic mass is 35.5. The lowest BCUT2D eigenvalue weighted by Gasteiger charge is -2.14. The molecule has 4 heteroatoms. The summed E-state index contributed by atoms with van der Waals surface area (Å²) in [5.41, 5.74) is 8.91. The molecule has 2 nitrogen and oxygen atoms in total. The van der Waals surface area contributed by atoms with Crippen LogP contribution in [0.5, 0.6) is 0 Å². The molecule has 0 bridgehead atoms. The van der Waals surface area contributed by atoms with Crippen molar-refractivity contribution in [3.05, 3.63) is 63.4 Å². The van der Waals surface area contributed by atoms with Gasteiger partial charge >= 0.3 is 0 Å². The van der Waals surface area contributed by atoms with Crippen molar-refractivity contribution in [1.82, 2.24) is 4.98 Å². The number of nitrogens with zero attached hydrogens (tertiary/aromatic N) is 1. The minimum Gasteiger partial charge on any atom is -0.320 e. The second-order valence-electron chi connectivity index (χ2n) is 3.87. The first kappa shape index (κ1) is 12.4. The highest BCUT2D eigenvalue weighted by Crippen LogP contribution is 2.29. The number of nitrogens with two attached hydrogens (primary N) is 1. The van der Waals surface area contributed by atoms with E-state index in [2.05, 4.69) is 4.98 Å². The second-order valence-corrected chi connectivity index (χ2v) is 4.72. The number of aryl methyl sites for hydroxylation is 1. The third-order valence-corrected chi connectivity index (χ3v) is 3.15. The Morgan fingerprint density at radius 2 is 1.94 bits per heavy atom. The molecule has 1 aromatic carbocycles. The lowest BCUT2D eigenvalue weighted by Crippen LogP contribution is -2.12. The van der Waals surface area contributed by atoms with E-state index < -0.39 is 0 Å². The van der Waals surface area contributed by atoms with Crippen LogP contribution in [-0.2, 0) is 0 Å². The van der Waals surface area contributed by atoms with E-state index in [1.165, 1.54) is 0 Å². The third-order valence-electron chi connectivity index (χ3n) is 2.57. The fourth-order valence-electron chi connectivity index (χ4n) is 1.69. The highest BCUT2D eigenvalue weighted by molar-refractivity contribution is 6.33. The summed E-state index contributed by atoms with van der Waals surface area (Å²) in [5, 5.41) is 1.25. The maximum Gasteiger partial charge on any atom is 0.0568 e. The number of aromatic nitrogens is 1. The molecule has 1 aromatic heterocycles. The van der Waals surface area contributed by atoms with Crippen molar-refractivity contribution >= 4 is 23.2 Å². The molecule has 17 heavy (non-hydrogen) atoms. The minimum atomic E-state index is -0.289. The minimum absolute atomic E-state index is 0.289. The summed E-state index contributed by atoms with van der Waals surface area (Å²) in [6, 6.07) is 8.84. The van der Waals surface area contributed by atoms with Gasteiger partial charge in [0.2, 0.25) is 0 Å². The largest absolute Gasteiger partial charge is 0.320 e. The lowest BCUT2D eigenvalue weighted by molar-refractivity contribution is 0.864. The van der Waals surface area contributed by atoms with Crippen LogP contribution in [0.3, 0.4) is 0 Å². The van der Waals surface area contributed by atoms with Gasteiger partial charge in [-0.05, 0) is 48.4 Å². The molecule has 0 aliphatic rings. The Balaban J connectivity index is 2.43. The molecule has 88 valence electrons. The molecule has 2 aromatic rings. The molecular formula is C13H12Cl2N2. The molecule has 0 aliphatic carbocycles. The van der Waals surface area contributed by atoms with Crippen LogP contribution in [-0.4, -0.2) is 4.98 Å². The van der Waals surface area contributed by atoms with E-state index in [0.29, 0.717) is 10.0 Å². The summed E-state index contributed by atoms with van der Waals surface area (Å²) in [6.07, 6.45) is 1.74. The third kappa shape index (κ3) is 2.78. The molecule has 2 rings (SSSR count). The summed E-state index contributed by atoms with van der Waals surface area (Å²) in [6.45, 7) is 1.93. The van der Waals surface area contributed by atoms with Crippen LogP contribution in [0.15, 0.2) is 36.5 Å². The Morgan fingerprint density at radius 1 is 1.18 bits per heavy atom. The predicted molar refractivity (Wildman–Crippen MR) is 71.5 cm³/mol. The van der Waals surface area contributed by atoms with Gasteiger partial charge in [-0.25, -0.2) is 0 Å². The van der Waals surface area contributed by atoms with E-state index in [-0.39, 0.29) is 6.04 Å². The molecule has 0 radical (unpaired) electrons. The van der Waals surface area contributed by atoms with Crippen molar-refractivity contribution in [3.8, 4) is 0 Å². The molecule has 0 saturated heterocycles. The van der Waals surface area contributed by atoms with Crippen LogP contribution < -0.4 is 5.73 Å². The van der Waals surface area contributed by atoms with E-state index in [0.717, 1.165) is 16.8 Å². The highest BCUT2D eigenvalue weighted by Gasteiger charge is 2.13. The van der Waals surface area contributed by atoms with E-state index in [4.69, 9.17) is 28.9 Å².